The minimum absolute atomic E-state index is 0.126. The molecule has 0 saturated heterocycles. The number of aryl methyl sites for hydroxylation is 1. The number of carbonyl (C=O) groups is 3. The van der Waals surface area contributed by atoms with E-state index in [0.29, 0.717) is 17.5 Å². The Hall–Kier alpha value is -3.55. The van der Waals surface area contributed by atoms with E-state index in [9.17, 15) is 14.4 Å². The van der Waals surface area contributed by atoms with E-state index in [0.717, 1.165) is 11.3 Å². The summed E-state index contributed by atoms with van der Waals surface area (Å²) in [7, 11) is 0. The van der Waals surface area contributed by atoms with E-state index in [1.54, 1.807) is 30.3 Å². The molecule has 1 saturated carbocycles. The standard InChI is InChI=1S/C22H24N4O4/c1-14-11-16(15(2)26(14)17-8-9-17)7-10-20(27)23-24-21(28)12-25-18-5-3-4-6-19(18)30-13-22(25)29/h3-7,10-11,17H,8-9,12-13H2,1-2H3,(H,23,27)(H,24,28)/b10-7+. The van der Waals surface area contributed by atoms with Gasteiger partial charge < -0.3 is 9.30 Å². The molecular formula is C22H24N4O4. The van der Waals surface area contributed by atoms with E-state index in [4.69, 9.17) is 4.74 Å². The van der Waals surface area contributed by atoms with Gasteiger partial charge in [-0.25, -0.2) is 0 Å². The molecule has 1 fully saturated rings. The average Bonchev–Trinajstić information content (AvgIpc) is 3.52. The Morgan fingerprint density at radius 1 is 1.20 bits per heavy atom. The number of amides is 3. The second-order valence-corrected chi connectivity index (χ2v) is 7.53. The fraction of sp³-hybridized carbons (Fsp3) is 0.318. The van der Waals surface area contributed by atoms with Crippen LogP contribution in [-0.2, 0) is 14.4 Å². The van der Waals surface area contributed by atoms with Gasteiger partial charge in [0.05, 0.1) is 5.69 Å². The van der Waals surface area contributed by atoms with E-state index in [-0.39, 0.29) is 19.1 Å². The SMILES string of the molecule is Cc1cc(/C=C/C(=O)NNC(=O)CN2C(=O)COc3ccccc32)c(C)n1C1CC1. The number of hydrogen-bond donors (Lipinski definition) is 2. The van der Waals surface area contributed by atoms with E-state index in [2.05, 4.69) is 28.4 Å². The number of nitrogens with zero attached hydrogens (tertiary/aromatic N) is 2. The van der Waals surface area contributed by atoms with Gasteiger partial charge >= 0.3 is 0 Å². The number of hydrogen-bond acceptors (Lipinski definition) is 4. The first-order valence-corrected chi connectivity index (χ1v) is 9.91. The third-order valence-electron chi connectivity index (χ3n) is 5.28. The van der Waals surface area contributed by atoms with Crippen LogP contribution in [0.4, 0.5) is 5.69 Å². The summed E-state index contributed by atoms with van der Waals surface area (Å²) in [5, 5.41) is 0. The lowest BCUT2D eigenvalue weighted by Crippen LogP contribution is -2.49. The van der Waals surface area contributed by atoms with Crippen molar-refractivity contribution in [3.8, 4) is 5.75 Å². The van der Waals surface area contributed by atoms with Crippen LogP contribution in [-0.4, -0.2) is 35.4 Å². The minimum Gasteiger partial charge on any atom is -0.482 e. The maximum absolute atomic E-state index is 12.2. The Labute approximate surface area is 174 Å². The zero-order valence-electron chi connectivity index (χ0n) is 17.0. The zero-order chi connectivity index (χ0) is 21.3. The molecule has 2 N–H and O–H groups in total. The summed E-state index contributed by atoms with van der Waals surface area (Å²) >= 11 is 0. The van der Waals surface area contributed by atoms with Crippen molar-refractivity contribution < 1.29 is 19.1 Å². The van der Waals surface area contributed by atoms with Gasteiger partial charge in [0.25, 0.3) is 17.7 Å². The molecule has 1 aliphatic heterocycles. The predicted octanol–water partition coefficient (Wildman–Crippen LogP) is 2.03. The average molecular weight is 408 g/mol. The molecule has 30 heavy (non-hydrogen) atoms. The molecule has 0 radical (unpaired) electrons. The fourth-order valence-electron chi connectivity index (χ4n) is 3.71. The topological polar surface area (TPSA) is 92.7 Å². The maximum atomic E-state index is 12.2. The highest BCUT2D eigenvalue weighted by atomic mass is 16.5. The van der Waals surface area contributed by atoms with Gasteiger partial charge in [-0.05, 0) is 56.5 Å². The van der Waals surface area contributed by atoms with Gasteiger partial charge in [0, 0.05) is 23.5 Å². The number of rotatable bonds is 5. The largest absolute Gasteiger partial charge is 0.482 e. The van der Waals surface area contributed by atoms with Gasteiger partial charge in [-0.1, -0.05) is 12.1 Å². The third-order valence-corrected chi connectivity index (χ3v) is 5.28. The summed E-state index contributed by atoms with van der Waals surface area (Å²) in [6.07, 6.45) is 5.52. The molecular weight excluding hydrogens is 384 g/mol. The number of benzene rings is 1. The summed E-state index contributed by atoms with van der Waals surface area (Å²) in [4.78, 5) is 37.8. The van der Waals surface area contributed by atoms with Crippen LogP contribution in [0.1, 0.15) is 35.8 Å². The Morgan fingerprint density at radius 2 is 1.97 bits per heavy atom. The summed E-state index contributed by atoms with van der Waals surface area (Å²) < 4.78 is 7.66. The quantitative estimate of drug-likeness (QED) is 0.585. The van der Waals surface area contributed by atoms with Crippen LogP contribution >= 0.6 is 0 Å². The molecule has 8 heteroatoms. The Balaban J connectivity index is 1.32. The van der Waals surface area contributed by atoms with Gasteiger partial charge in [-0.2, -0.15) is 0 Å². The van der Waals surface area contributed by atoms with Crippen LogP contribution in [0.5, 0.6) is 5.75 Å². The molecule has 156 valence electrons. The smallest absolute Gasteiger partial charge is 0.265 e. The molecule has 0 spiro atoms. The molecule has 2 aliphatic rings. The van der Waals surface area contributed by atoms with Crippen LogP contribution in [0, 0.1) is 13.8 Å². The molecule has 2 aromatic rings. The van der Waals surface area contributed by atoms with E-state index in [1.807, 2.05) is 6.92 Å². The highest BCUT2D eigenvalue weighted by Gasteiger charge is 2.27. The molecule has 0 unspecified atom stereocenters. The van der Waals surface area contributed by atoms with Crippen LogP contribution in [0.2, 0.25) is 0 Å². The van der Waals surface area contributed by atoms with Crippen molar-refractivity contribution in [2.75, 3.05) is 18.1 Å². The number of para-hydroxylation sites is 2. The number of fused-ring (bicyclic) bond motifs is 1. The van der Waals surface area contributed by atoms with Gasteiger partial charge in [0.15, 0.2) is 6.61 Å². The first-order valence-electron chi connectivity index (χ1n) is 9.91. The molecule has 0 bridgehead atoms. The molecule has 1 aromatic carbocycles. The number of ether oxygens (including phenoxy) is 1. The number of anilines is 1. The monoisotopic (exact) mass is 408 g/mol. The van der Waals surface area contributed by atoms with Crippen molar-refractivity contribution in [2.24, 2.45) is 0 Å². The number of nitrogens with one attached hydrogen (secondary N) is 2. The minimum atomic E-state index is -0.506. The van der Waals surface area contributed by atoms with Crippen molar-refractivity contribution in [3.05, 3.63) is 53.4 Å². The molecule has 1 aromatic heterocycles. The lowest BCUT2D eigenvalue weighted by atomic mass is 10.2. The predicted molar refractivity (Wildman–Crippen MR) is 112 cm³/mol. The Bertz CT molecular complexity index is 1040. The fourth-order valence-corrected chi connectivity index (χ4v) is 3.71. The molecule has 2 heterocycles. The zero-order valence-corrected chi connectivity index (χ0v) is 17.0. The van der Waals surface area contributed by atoms with Gasteiger partial charge in [0.1, 0.15) is 12.3 Å². The van der Waals surface area contributed by atoms with Crippen LogP contribution in [0.15, 0.2) is 36.4 Å². The van der Waals surface area contributed by atoms with E-state index < -0.39 is 11.8 Å². The molecule has 4 rings (SSSR count). The summed E-state index contributed by atoms with van der Waals surface area (Å²) in [5.41, 5.74) is 8.53. The van der Waals surface area contributed by atoms with Crippen LogP contribution < -0.4 is 20.5 Å². The van der Waals surface area contributed by atoms with Gasteiger partial charge in [0.2, 0.25) is 0 Å². The van der Waals surface area contributed by atoms with Crippen LogP contribution in [0.25, 0.3) is 6.08 Å². The number of hydrazine groups is 1. The molecule has 0 atom stereocenters. The van der Waals surface area contributed by atoms with Gasteiger partial charge in [-0.15, -0.1) is 0 Å². The number of aromatic nitrogens is 1. The van der Waals surface area contributed by atoms with Crippen molar-refractivity contribution in [2.45, 2.75) is 32.7 Å². The first-order chi connectivity index (χ1) is 14.4. The van der Waals surface area contributed by atoms with Crippen LogP contribution in [0.3, 0.4) is 0 Å². The van der Waals surface area contributed by atoms with E-state index >= 15 is 0 Å². The summed E-state index contributed by atoms with van der Waals surface area (Å²) in [5.74, 6) is -0.733. The highest BCUT2D eigenvalue weighted by molar-refractivity contribution is 6.02. The summed E-state index contributed by atoms with van der Waals surface area (Å²) in [6, 6.07) is 9.63. The van der Waals surface area contributed by atoms with Crippen molar-refractivity contribution in [1.82, 2.24) is 15.4 Å². The highest BCUT2D eigenvalue weighted by Crippen LogP contribution is 2.38. The number of carbonyl (C=O) groups excluding carboxylic acids is 3. The third kappa shape index (κ3) is 4.07. The summed E-state index contributed by atoms with van der Waals surface area (Å²) in [6.45, 7) is 3.76. The Kier molecular flexibility index (Phi) is 5.31. The first kappa shape index (κ1) is 19.8. The molecule has 1 aliphatic carbocycles. The normalized spacial score (nSPS) is 15.7. The lowest BCUT2D eigenvalue weighted by Gasteiger charge is -2.28. The van der Waals surface area contributed by atoms with Crippen molar-refractivity contribution in [3.63, 3.8) is 0 Å². The second kappa shape index (κ2) is 8.06. The maximum Gasteiger partial charge on any atom is 0.265 e. The van der Waals surface area contributed by atoms with Crippen molar-refractivity contribution in [1.29, 1.82) is 0 Å². The van der Waals surface area contributed by atoms with E-state index in [1.165, 1.54) is 29.5 Å². The van der Waals surface area contributed by atoms with Crippen molar-refractivity contribution >= 4 is 29.5 Å². The van der Waals surface area contributed by atoms with Gasteiger partial charge in [-0.3, -0.25) is 30.1 Å². The molecule has 3 amide bonds. The Morgan fingerprint density at radius 3 is 2.73 bits per heavy atom. The second-order valence-electron chi connectivity index (χ2n) is 7.53. The lowest BCUT2D eigenvalue weighted by molar-refractivity contribution is -0.127. The molecule has 8 nitrogen and oxygen atoms in total.